The van der Waals surface area contributed by atoms with Crippen LogP contribution in [0.3, 0.4) is 0 Å². The third-order valence-electron chi connectivity index (χ3n) is 3.86. The quantitative estimate of drug-likeness (QED) is 0.874. The fourth-order valence-electron chi connectivity index (χ4n) is 2.68. The molecule has 104 valence electrons. The van der Waals surface area contributed by atoms with Crippen molar-refractivity contribution in [3.8, 4) is 0 Å². The van der Waals surface area contributed by atoms with Crippen molar-refractivity contribution < 1.29 is 4.79 Å². The molecule has 1 aliphatic rings. The van der Waals surface area contributed by atoms with Crippen LogP contribution in [-0.4, -0.2) is 18.5 Å². The molecule has 1 aromatic carbocycles. The summed E-state index contributed by atoms with van der Waals surface area (Å²) in [5, 5.41) is 6.40. The second kappa shape index (κ2) is 6.71. The molecule has 0 radical (unpaired) electrons. The van der Waals surface area contributed by atoms with Crippen molar-refractivity contribution >= 4 is 11.6 Å². The highest BCUT2D eigenvalue weighted by molar-refractivity contribution is 5.93. The van der Waals surface area contributed by atoms with Crippen molar-refractivity contribution in [2.75, 3.05) is 11.9 Å². The molecule has 1 aliphatic heterocycles. The largest absolute Gasteiger partial charge is 0.326 e. The highest BCUT2D eigenvalue weighted by Gasteiger charge is 2.27. The second-order valence-corrected chi connectivity index (χ2v) is 5.43. The maximum absolute atomic E-state index is 12.2. The Bertz CT molecular complexity index is 413. The van der Waals surface area contributed by atoms with Crippen LogP contribution in [0.4, 0.5) is 5.69 Å². The molecular weight excluding hydrogens is 236 g/mol. The van der Waals surface area contributed by atoms with E-state index in [4.69, 9.17) is 0 Å². The van der Waals surface area contributed by atoms with E-state index < -0.39 is 0 Å². The van der Waals surface area contributed by atoms with Crippen molar-refractivity contribution in [2.45, 2.75) is 45.6 Å². The number of rotatable bonds is 4. The SMILES string of the molecule is CCCc1ccc(NC(=O)C2CCCNC2C)cc1. The average Bonchev–Trinajstić information content (AvgIpc) is 2.42. The minimum Gasteiger partial charge on any atom is -0.326 e. The molecule has 0 aliphatic carbocycles. The fraction of sp³-hybridized carbons (Fsp3) is 0.562. The summed E-state index contributed by atoms with van der Waals surface area (Å²) in [6.45, 7) is 5.29. The van der Waals surface area contributed by atoms with Crippen LogP contribution >= 0.6 is 0 Å². The number of piperidine rings is 1. The van der Waals surface area contributed by atoms with Crippen LogP contribution in [0.25, 0.3) is 0 Å². The van der Waals surface area contributed by atoms with Crippen LogP contribution in [0, 0.1) is 5.92 Å². The summed E-state index contributed by atoms with van der Waals surface area (Å²) in [5.41, 5.74) is 2.23. The zero-order valence-electron chi connectivity index (χ0n) is 11.9. The topological polar surface area (TPSA) is 41.1 Å². The number of aryl methyl sites for hydroxylation is 1. The Morgan fingerprint density at radius 3 is 2.74 bits per heavy atom. The van der Waals surface area contributed by atoms with Gasteiger partial charge in [0.2, 0.25) is 5.91 Å². The third kappa shape index (κ3) is 3.80. The zero-order chi connectivity index (χ0) is 13.7. The van der Waals surface area contributed by atoms with Gasteiger partial charge in [-0.2, -0.15) is 0 Å². The number of carbonyl (C=O) groups is 1. The van der Waals surface area contributed by atoms with Gasteiger partial charge in [-0.15, -0.1) is 0 Å². The molecule has 2 rings (SSSR count). The molecule has 0 bridgehead atoms. The molecule has 3 nitrogen and oxygen atoms in total. The summed E-state index contributed by atoms with van der Waals surface area (Å²) in [4.78, 5) is 12.2. The second-order valence-electron chi connectivity index (χ2n) is 5.43. The minimum atomic E-state index is 0.0871. The first-order valence-electron chi connectivity index (χ1n) is 7.34. The van der Waals surface area contributed by atoms with Gasteiger partial charge in [-0.3, -0.25) is 4.79 Å². The van der Waals surface area contributed by atoms with E-state index in [9.17, 15) is 4.79 Å². The van der Waals surface area contributed by atoms with Gasteiger partial charge in [0.05, 0.1) is 5.92 Å². The average molecular weight is 260 g/mol. The van der Waals surface area contributed by atoms with Crippen LogP contribution in [0.2, 0.25) is 0 Å². The molecule has 1 aromatic rings. The Kier molecular flexibility index (Phi) is 4.97. The summed E-state index contributed by atoms with van der Waals surface area (Å²) < 4.78 is 0. The van der Waals surface area contributed by atoms with Gasteiger partial charge in [0.25, 0.3) is 0 Å². The number of carbonyl (C=O) groups excluding carboxylic acids is 1. The zero-order valence-corrected chi connectivity index (χ0v) is 11.9. The first kappa shape index (κ1) is 14.1. The number of nitrogens with one attached hydrogen (secondary N) is 2. The number of hydrogen-bond donors (Lipinski definition) is 2. The first-order valence-corrected chi connectivity index (χ1v) is 7.34. The Hall–Kier alpha value is -1.35. The molecule has 0 aromatic heterocycles. The van der Waals surface area contributed by atoms with E-state index in [-0.39, 0.29) is 17.9 Å². The summed E-state index contributed by atoms with van der Waals surface area (Å²) in [6, 6.07) is 8.48. The Morgan fingerprint density at radius 1 is 1.37 bits per heavy atom. The molecule has 2 N–H and O–H groups in total. The maximum Gasteiger partial charge on any atom is 0.229 e. The van der Waals surface area contributed by atoms with Gasteiger partial charge in [0, 0.05) is 11.7 Å². The highest BCUT2D eigenvalue weighted by atomic mass is 16.1. The summed E-state index contributed by atoms with van der Waals surface area (Å²) in [7, 11) is 0. The Labute approximate surface area is 115 Å². The lowest BCUT2D eigenvalue weighted by Crippen LogP contribution is -2.44. The normalized spacial score (nSPS) is 23.1. The van der Waals surface area contributed by atoms with Crippen molar-refractivity contribution in [3.63, 3.8) is 0 Å². The summed E-state index contributed by atoms with van der Waals surface area (Å²) in [6.07, 6.45) is 4.31. The first-order chi connectivity index (χ1) is 9.20. The Morgan fingerprint density at radius 2 is 2.11 bits per heavy atom. The molecule has 2 unspecified atom stereocenters. The molecular formula is C16H24N2O. The van der Waals surface area contributed by atoms with Gasteiger partial charge in [-0.05, 0) is 50.4 Å². The molecule has 1 fully saturated rings. The van der Waals surface area contributed by atoms with E-state index >= 15 is 0 Å². The van der Waals surface area contributed by atoms with E-state index in [0.717, 1.165) is 37.9 Å². The predicted molar refractivity (Wildman–Crippen MR) is 79.3 cm³/mol. The molecule has 0 spiro atoms. The van der Waals surface area contributed by atoms with Crippen molar-refractivity contribution in [3.05, 3.63) is 29.8 Å². The van der Waals surface area contributed by atoms with Gasteiger partial charge in [0.15, 0.2) is 0 Å². The molecule has 3 heteroatoms. The van der Waals surface area contributed by atoms with Gasteiger partial charge < -0.3 is 10.6 Å². The fourth-order valence-corrected chi connectivity index (χ4v) is 2.68. The minimum absolute atomic E-state index is 0.0871. The van der Waals surface area contributed by atoms with Gasteiger partial charge in [0.1, 0.15) is 0 Å². The smallest absolute Gasteiger partial charge is 0.229 e. The van der Waals surface area contributed by atoms with E-state index in [1.807, 2.05) is 12.1 Å². The van der Waals surface area contributed by atoms with Gasteiger partial charge in [-0.25, -0.2) is 0 Å². The van der Waals surface area contributed by atoms with Crippen LogP contribution in [0.1, 0.15) is 38.7 Å². The number of amides is 1. The van der Waals surface area contributed by atoms with Crippen LogP contribution in [-0.2, 0) is 11.2 Å². The number of hydrogen-bond acceptors (Lipinski definition) is 2. The molecule has 1 heterocycles. The third-order valence-corrected chi connectivity index (χ3v) is 3.86. The van der Waals surface area contributed by atoms with E-state index in [1.54, 1.807) is 0 Å². The van der Waals surface area contributed by atoms with Crippen molar-refractivity contribution in [2.24, 2.45) is 5.92 Å². The van der Waals surface area contributed by atoms with Crippen molar-refractivity contribution in [1.29, 1.82) is 0 Å². The van der Waals surface area contributed by atoms with E-state index in [2.05, 4.69) is 36.6 Å². The van der Waals surface area contributed by atoms with Crippen LogP contribution < -0.4 is 10.6 Å². The lowest BCUT2D eigenvalue weighted by molar-refractivity contribution is -0.121. The molecule has 0 saturated carbocycles. The standard InChI is InChI=1S/C16H24N2O/c1-3-5-13-7-9-14(10-8-13)18-16(19)15-6-4-11-17-12(15)2/h7-10,12,15,17H,3-6,11H2,1-2H3,(H,18,19). The van der Waals surface area contributed by atoms with Crippen molar-refractivity contribution in [1.82, 2.24) is 5.32 Å². The van der Waals surface area contributed by atoms with Gasteiger partial charge in [-0.1, -0.05) is 25.5 Å². The summed E-state index contributed by atoms with van der Waals surface area (Å²) >= 11 is 0. The lowest BCUT2D eigenvalue weighted by atomic mass is 9.91. The molecule has 19 heavy (non-hydrogen) atoms. The van der Waals surface area contributed by atoms with Gasteiger partial charge >= 0.3 is 0 Å². The Balaban J connectivity index is 1.94. The number of anilines is 1. The molecule has 1 amide bonds. The predicted octanol–water partition coefficient (Wildman–Crippen LogP) is 2.97. The summed E-state index contributed by atoms with van der Waals surface area (Å²) in [5.74, 6) is 0.229. The van der Waals surface area contributed by atoms with Crippen LogP contribution in [0.5, 0.6) is 0 Å². The maximum atomic E-state index is 12.2. The highest BCUT2D eigenvalue weighted by Crippen LogP contribution is 2.19. The lowest BCUT2D eigenvalue weighted by Gasteiger charge is -2.28. The van der Waals surface area contributed by atoms with E-state index in [0.29, 0.717) is 0 Å². The monoisotopic (exact) mass is 260 g/mol. The number of benzene rings is 1. The van der Waals surface area contributed by atoms with E-state index in [1.165, 1.54) is 5.56 Å². The van der Waals surface area contributed by atoms with Crippen LogP contribution in [0.15, 0.2) is 24.3 Å². The molecule has 1 saturated heterocycles. The molecule has 2 atom stereocenters.